The highest BCUT2D eigenvalue weighted by Crippen LogP contribution is 2.21. The van der Waals surface area contributed by atoms with Crippen molar-refractivity contribution in [2.75, 3.05) is 56.8 Å². The van der Waals surface area contributed by atoms with Gasteiger partial charge in [0.15, 0.2) is 0 Å². The normalized spacial score (nSPS) is 10.6. The van der Waals surface area contributed by atoms with Crippen molar-refractivity contribution < 1.29 is 19.0 Å². The number of pyridine rings is 1. The van der Waals surface area contributed by atoms with Crippen molar-refractivity contribution >= 4 is 23.2 Å². The third kappa shape index (κ3) is 7.49. The highest BCUT2D eigenvalue weighted by Gasteiger charge is 2.16. The van der Waals surface area contributed by atoms with E-state index < -0.39 is 0 Å². The lowest BCUT2D eigenvalue weighted by Gasteiger charge is -2.23. The van der Waals surface area contributed by atoms with Crippen LogP contribution in [0.15, 0.2) is 60.9 Å². The quantitative estimate of drug-likeness (QED) is 0.376. The predicted octanol–water partition coefficient (Wildman–Crippen LogP) is 2.26. The number of nitrogens with zero attached hydrogens (tertiary/aromatic N) is 4. The smallest absolute Gasteiger partial charge is 0.274 e. The molecule has 10 heteroatoms. The van der Waals surface area contributed by atoms with E-state index in [4.69, 9.17) is 19.9 Å². The molecule has 0 saturated carbocycles. The fourth-order valence-electron chi connectivity index (χ4n) is 2.89. The van der Waals surface area contributed by atoms with E-state index in [1.807, 2.05) is 35.2 Å². The van der Waals surface area contributed by atoms with Crippen molar-refractivity contribution in [2.24, 2.45) is 5.73 Å². The van der Waals surface area contributed by atoms with Gasteiger partial charge in [0, 0.05) is 31.0 Å². The molecule has 2 aromatic heterocycles. The van der Waals surface area contributed by atoms with Gasteiger partial charge in [0.2, 0.25) is 11.8 Å². The lowest BCUT2D eigenvalue weighted by Crippen LogP contribution is -2.26. The Morgan fingerprint density at radius 3 is 2.48 bits per heavy atom. The Morgan fingerprint density at radius 1 is 1.00 bits per heavy atom. The highest BCUT2D eigenvalue weighted by molar-refractivity contribution is 6.02. The molecule has 0 aliphatic carbocycles. The van der Waals surface area contributed by atoms with Crippen LogP contribution in [0, 0.1) is 0 Å². The molecule has 0 aliphatic heterocycles. The standard InChI is InChI=1S/C23H28N6O4/c1-31-21-8-7-18(17-26-21)27-22(30)20-9-11-25-23(28-20)29(19-5-3-2-4-6-19)12-14-33-16-15-32-13-10-24/h2-9,11,17H,10,12-16,24H2,1H3,(H,27,30). The molecule has 1 aromatic carbocycles. The molecule has 2 heterocycles. The number of ether oxygens (including phenoxy) is 3. The van der Waals surface area contributed by atoms with Gasteiger partial charge in [0.1, 0.15) is 5.69 Å². The van der Waals surface area contributed by atoms with E-state index in [2.05, 4.69) is 20.3 Å². The Morgan fingerprint density at radius 2 is 1.79 bits per heavy atom. The predicted molar refractivity (Wildman–Crippen MR) is 125 cm³/mol. The van der Waals surface area contributed by atoms with Crippen molar-refractivity contribution in [3.63, 3.8) is 0 Å². The summed E-state index contributed by atoms with van der Waals surface area (Å²) >= 11 is 0. The van der Waals surface area contributed by atoms with Crippen molar-refractivity contribution in [1.82, 2.24) is 15.0 Å². The van der Waals surface area contributed by atoms with Crippen LogP contribution in [0.3, 0.4) is 0 Å². The molecule has 3 rings (SSSR count). The van der Waals surface area contributed by atoms with Crippen LogP contribution in [0.4, 0.5) is 17.3 Å². The van der Waals surface area contributed by atoms with Gasteiger partial charge in [-0.15, -0.1) is 0 Å². The lowest BCUT2D eigenvalue weighted by molar-refractivity contribution is 0.0538. The second-order valence-corrected chi connectivity index (χ2v) is 6.79. The number of nitrogens with one attached hydrogen (secondary N) is 1. The average molecular weight is 453 g/mol. The Hall–Kier alpha value is -3.60. The van der Waals surface area contributed by atoms with E-state index in [-0.39, 0.29) is 11.6 Å². The molecule has 10 nitrogen and oxygen atoms in total. The van der Waals surface area contributed by atoms with Gasteiger partial charge in [-0.25, -0.2) is 15.0 Å². The number of amides is 1. The molecular weight excluding hydrogens is 424 g/mol. The van der Waals surface area contributed by atoms with Gasteiger partial charge >= 0.3 is 0 Å². The topological polar surface area (TPSA) is 125 Å². The van der Waals surface area contributed by atoms with Gasteiger partial charge in [0.25, 0.3) is 5.91 Å². The summed E-state index contributed by atoms with van der Waals surface area (Å²) in [6.07, 6.45) is 3.07. The second kappa shape index (κ2) is 13.1. The maximum atomic E-state index is 12.7. The zero-order valence-electron chi connectivity index (χ0n) is 18.5. The molecule has 0 radical (unpaired) electrons. The number of aromatic nitrogens is 3. The fraction of sp³-hybridized carbons (Fsp3) is 0.304. The summed E-state index contributed by atoms with van der Waals surface area (Å²) in [4.78, 5) is 27.6. The van der Waals surface area contributed by atoms with Crippen LogP contribution >= 0.6 is 0 Å². The molecule has 0 fully saturated rings. The molecule has 174 valence electrons. The fourth-order valence-corrected chi connectivity index (χ4v) is 2.89. The number of para-hydroxylation sites is 1. The average Bonchev–Trinajstić information content (AvgIpc) is 2.87. The zero-order valence-corrected chi connectivity index (χ0v) is 18.5. The second-order valence-electron chi connectivity index (χ2n) is 6.79. The number of nitrogens with two attached hydrogens (primary N) is 1. The van der Waals surface area contributed by atoms with E-state index in [9.17, 15) is 4.79 Å². The van der Waals surface area contributed by atoms with Crippen LogP contribution in [0.5, 0.6) is 5.88 Å². The number of anilines is 3. The monoisotopic (exact) mass is 452 g/mol. The third-order valence-corrected chi connectivity index (χ3v) is 4.48. The number of carbonyl (C=O) groups is 1. The number of hydrogen-bond donors (Lipinski definition) is 2. The van der Waals surface area contributed by atoms with Gasteiger partial charge in [0.05, 0.1) is 45.4 Å². The van der Waals surface area contributed by atoms with Gasteiger partial charge in [-0.2, -0.15) is 0 Å². The van der Waals surface area contributed by atoms with Gasteiger partial charge in [-0.05, 0) is 24.3 Å². The summed E-state index contributed by atoms with van der Waals surface area (Å²) in [7, 11) is 1.53. The van der Waals surface area contributed by atoms with Crippen LogP contribution in [-0.2, 0) is 9.47 Å². The summed E-state index contributed by atoms with van der Waals surface area (Å²) in [6.45, 7) is 2.86. The number of rotatable bonds is 13. The SMILES string of the molecule is COc1ccc(NC(=O)c2ccnc(N(CCOCCOCCN)c3ccccc3)n2)cn1. The highest BCUT2D eigenvalue weighted by atomic mass is 16.5. The maximum Gasteiger partial charge on any atom is 0.274 e. The van der Waals surface area contributed by atoms with E-state index in [1.54, 1.807) is 24.4 Å². The van der Waals surface area contributed by atoms with Gasteiger partial charge in [-0.1, -0.05) is 18.2 Å². The minimum atomic E-state index is -0.369. The minimum Gasteiger partial charge on any atom is -0.481 e. The molecule has 3 aromatic rings. The van der Waals surface area contributed by atoms with Crippen molar-refractivity contribution in [1.29, 1.82) is 0 Å². The first-order valence-electron chi connectivity index (χ1n) is 10.5. The molecule has 3 N–H and O–H groups in total. The van der Waals surface area contributed by atoms with E-state index >= 15 is 0 Å². The molecule has 0 bridgehead atoms. The summed E-state index contributed by atoms with van der Waals surface area (Å²) in [6, 6.07) is 14.6. The number of hydrogen-bond acceptors (Lipinski definition) is 9. The maximum absolute atomic E-state index is 12.7. The van der Waals surface area contributed by atoms with Crippen LogP contribution in [0.25, 0.3) is 0 Å². The first-order valence-corrected chi connectivity index (χ1v) is 10.5. The molecule has 0 aliphatic rings. The molecule has 33 heavy (non-hydrogen) atoms. The number of benzene rings is 1. The van der Waals surface area contributed by atoms with Crippen molar-refractivity contribution in [3.05, 3.63) is 66.6 Å². The van der Waals surface area contributed by atoms with Gasteiger partial charge in [-0.3, -0.25) is 4.79 Å². The molecule has 1 amide bonds. The number of carbonyl (C=O) groups excluding carboxylic acids is 1. The Bertz CT molecular complexity index is 988. The summed E-state index contributed by atoms with van der Waals surface area (Å²) < 4.78 is 16.0. The minimum absolute atomic E-state index is 0.229. The molecule has 0 unspecified atom stereocenters. The largest absolute Gasteiger partial charge is 0.481 e. The Balaban J connectivity index is 1.68. The molecule has 0 atom stereocenters. The number of methoxy groups -OCH3 is 1. The first-order chi connectivity index (χ1) is 16.2. The van der Waals surface area contributed by atoms with Crippen molar-refractivity contribution in [2.45, 2.75) is 0 Å². The molecular formula is C23H28N6O4. The third-order valence-electron chi connectivity index (χ3n) is 4.48. The van der Waals surface area contributed by atoms with E-state index in [0.29, 0.717) is 57.0 Å². The Kier molecular flexibility index (Phi) is 9.52. The zero-order chi connectivity index (χ0) is 23.3. The van der Waals surface area contributed by atoms with E-state index in [1.165, 1.54) is 13.3 Å². The van der Waals surface area contributed by atoms with E-state index in [0.717, 1.165) is 5.69 Å². The molecule has 0 saturated heterocycles. The van der Waals surface area contributed by atoms with Crippen molar-refractivity contribution in [3.8, 4) is 5.88 Å². The molecule has 0 spiro atoms. The van der Waals surface area contributed by atoms with Crippen LogP contribution in [0.1, 0.15) is 10.5 Å². The van der Waals surface area contributed by atoms with Crippen LogP contribution < -0.4 is 20.7 Å². The van der Waals surface area contributed by atoms with Crippen LogP contribution in [-0.4, -0.2) is 67.5 Å². The summed E-state index contributed by atoms with van der Waals surface area (Å²) in [5.41, 5.74) is 7.05. The first kappa shape index (κ1) is 24.1. The summed E-state index contributed by atoms with van der Waals surface area (Å²) in [5, 5.41) is 2.78. The van der Waals surface area contributed by atoms with Crippen LogP contribution in [0.2, 0.25) is 0 Å². The van der Waals surface area contributed by atoms with Gasteiger partial charge < -0.3 is 30.2 Å². The summed E-state index contributed by atoms with van der Waals surface area (Å²) in [5.74, 6) is 0.487. The lowest BCUT2D eigenvalue weighted by atomic mass is 10.3. The Labute approximate surface area is 192 Å².